The van der Waals surface area contributed by atoms with Gasteiger partial charge in [-0.3, -0.25) is 9.59 Å². The van der Waals surface area contributed by atoms with Crippen LogP contribution in [0.3, 0.4) is 0 Å². The second-order valence-electron chi connectivity index (χ2n) is 7.25. The lowest BCUT2D eigenvalue weighted by Gasteiger charge is -2.19. The minimum absolute atomic E-state index is 0.109. The van der Waals surface area contributed by atoms with Crippen molar-refractivity contribution in [3.63, 3.8) is 0 Å². The maximum absolute atomic E-state index is 12.5. The van der Waals surface area contributed by atoms with Gasteiger partial charge in [0.25, 0.3) is 0 Å². The highest BCUT2D eigenvalue weighted by molar-refractivity contribution is 6.03. The van der Waals surface area contributed by atoms with E-state index in [1.807, 2.05) is 30.3 Å². The van der Waals surface area contributed by atoms with Gasteiger partial charge in [0.15, 0.2) is 0 Å². The standard InChI is InChI=1S/C23H28N2O2/c1-15(2)20-7-6-8-21(16(3)4)23(20)25-22(27)14-11-18-9-12-19(13-10-18)24-17(5)26/h6-16H,1-5H3,(H,24,26)(H,25,27)/b14-11+. The first kappa shape index (κ1) is 20.4. The molecule has 0 aromatic heterocycles. The van der Waals surface area contributed by atoms with E-state index in [0.29, 0.717) is 11.8 Å². The van der Waals surface area contributed by atoms with E-state index in [1.54, 1.807) is 6.08 Å². The Morgan fingerprint density at radius 2 is 1.41 bits per heavy atom. The summed E-state index contributed by atoms with van der Waals surface area (Å²) in [7, 11) is 0. The highest BCUT2D eigenvalue weighted by Gasteiger charge is 2.14. The van der Waals surface area contributed by atoms with Crippen LogP contribution in [-0.4, -0.2) is 11.8 Å². The summed E-state index contributed by atoms with van der Waals surface area (Å²) in [5, 5.41) is 5.79. The smallest absolute Gasteiger partial charge is 0.248 e. The Bertz CT molecular complexity index is 808. The molecular formula is C23H28N2O2. The number of hydrogen-bond donors (Lipinski definition) is 2. The number of carbonyl (C=O) groups excluding carboxylic acids is 2. The topological polar surface area (TPSA) is 58.2 Å². The van der Waals surface area contributed by atoms with E-state index >= 15 is 0 Å². The average Bonchev–Trinajstić information content (AvgIpc) is 2.60. The Hall–Kier alpha value is -2.88. The van der Waals surface area contributed by atoms with Gasteiger partial charge in [-0.2, -0.15) is 0 Å². The van der Waals surface area contributed by atoms with Crippen LogP contribution in [0.5, 0.6) is 0 Å². The Labute approximate surface area is 161 Å². The highest BCUT2D eigenvalue weighted by atomic mass is 16.2. The second kappa shape index (κ2) is 9.17. The quantitative estimate of drug-likeness (QED) is 0.661. The van der Waals surface area contributed by atoms with Crippen LogP contribution >= 0.6 is 0 Å². The van der Waals surface area contributed by atoms with Crippen molar-refractivity contribution in [1.82, 2.24) is 0 Å². The summed E-state index contributed by atoms with van der Waals surface area (Å²) in [5.41, 5.74) is 4.82. The molecule has 0 radical (unpaired) electrons. The van der Waals surface area contributed by atoms with Crippen molar-refractivity contribution >= 4 is 29.3 Å². The van der Waals surface area contributed by atoms with Crippen LogP contribution in [0.2, 0.25) is 0 Å². The van der Waals surface area contributed by atoms with Gasteiger partial charge in [0.05, 0.1) is 0 Å². The van der Waals surface area contributed by atoms with E-state index in [4.69, 9.17) is 0 Å². The molecule has 0 heterocycles. The zero-order valence-electron chi connectivity index (χ0n) is 16.7. The summed E-state index contributed by atoms with van der Waals surface area (Å²) >= 11 is 0. The van der Waals surface area contributed by atoms with E-state index in [1.165, 1.54) is 13.0 Å². The van der Waals surface area contributed by atoms with Gasteiger partial charge in [-0.1, -0.05) is 58.0 Å². The van der Waals surface area contributed by atoms with Crippen LogP contribution in [0, 0.1) is 0 Å². The zero-order valence-corrected chi connectivity index (χ0v) is 16.7. The van der Waals surface area contributed by atoms with Crippen molar-refractivity contribution < 1.29 is 9.59 Å². The van der Waals surface area contributed by atoms with Crippen LogP contribution in [0.4, 0.5) is 11.4 Å². The van der Waals surface area contributed by atoms with Gasteiger partial charge in [0.1, 0.15) is 0 Å². The third kappa shape index (κ3) is 5.81. The highest BCUT2D eigenvalue weighted by Crippen LogP contribution is 2.32. The Balaban J connectivity index is 2.16. The van der Waals surface area contributed by atoms with Crippen molar-refractivity contribution in [2.45, 2.75) is 46.5 Å². The number of para-hydroxylation sites is 1. The number of benzene rings is 2. The van der Waals surface area contributed by atoms with Crippen LogP contribution in [-0.2, 0) is 9.59 Å². The molecule has 0 aliphatic carbocycles. The summed E-state index contributed by atoms with van der Waals surface area (Å²) in [4.78, 5) is 23.6. The van der Waals surface area contributed by atoms with Crippen molar-refractivity contribution in [3.8, 4) is 0 Å². The summed E-state index contributed by atoms with van der Waals surface area (Å²) < 4.78 is 0. The number of rotatable bonds is 6. The molecule has 0 spiro atoms. The number of carbonyl (C=O) groups is 2. The van der Waals surface area contributed by atoms with Gasteiger partial charge in [-0.05, 0) is 46.7 Å². The summed E-state index contributed by atoms with van der Waals surface area (Å²) in [5.74, 6) is 0.381. The van der Waals surface area contributed by atoms with Crippen LogP contribution < -0.4 is 10.6 Å². The Morgan fingerprint density at radius 3 is 1.89 bits per heavy atom. The van der Waals surface area contributed by atoms with Crippen LogP contribution in [0.15, 0.2) is 48.5 Å². The average molecular weight is 364 g/mol. The van der Waals surface area contributed by atoms with Gasteiger partial charge in [-0.15, -0.1) is 0 Å². The monoisotopic (exact) mass is 364 g/mol. The third-order valence-corrected chi connectivity index (χ3v) is 4.28. The van der Waals surface area contributed by atoms with Gasteiger partial charge >= 0.3 is 0 Å². The normalized spacial score (nSPS) is 11.2. The molecule has 2 aromatic rings. The molecule has 0 bridgehead atoms. The van der Waals surface area contributed by atoms with E-state index in [9.17, 15) is 9.59 Å². The molecule has 0 saturated heterocycles. The molecule has 2 N–H and O–H groups in total. The summed E-state index contributed by atoms with van der Waals surface area (Å²) in [6.45, 7) is 9.98. The van der Waals surface area contributed by atoms with Crippen molar-refractivity contribution in [2.75, 3.05) is 10.6 Å². The SMILES string of the molecule is CC(=O)Nc1ccc(/C=C/C(=O)Nc2c(C(C)C)cccc2C(C)C)cc1. The predicted octanol–water partition coefficient (Wildman–Crippen LogP) is 5.54. The van der Waals surface area contributed by atoms with Gasteiger partial charge in [-0.25, -0.2) is 0 Å². The molecule has 4 heteroatoms. The largest absolute Gasteiger partial charge is 0.326 e. The van der Waals surface area contributed by atoms with Gasteiger partial charge < -0.3 is 10.6 Å². The van der Waals surface area contributed by atoms with E-state index in [0.717, 1.165) is 28.1 Å². The molecule has 4 nitrogen and oxygen atoms in total. The zero-order chi connectivity index (χ0) is 20.0. The van der Waals surface area contributed by atoms with Crippen LogP contribution in [0.1, 0.15) is 63.1 Å². The number of anilines is 2. The Kier molecular flexibility index (Phi) is 6.94. The van der Waals surface area contributed by atoms with E-state index in [-0.39, 0.29) is 11.8 Å². The molecule has 2 amide bonds. The molecule has 27 heavy (non-hydrogen) atoms. The first-order chi connectivity index (χ1) is 12.8. The third-order valence-electron chi connectivity index (χ3n) is 4.28. The minimum Gasteiger partial charge on any atom is -0.326 e. The lowest BCUT2D eigenvalue weighted by Crippen LogP contribution is -2.13. The molecule has 0 fully saturated rings. The molecule has 142 valence electrons. The van der Waals surface area contributed by atoms with E-state index < -0.39 is 0 Å². The number of amides is 2. The summed E-state index contributed by atoms with van der Waals surface area (Å²) in [6, 6.07) is 13.5. The van der Waals surface area contributed by atoms with Gasteiger partial charge in [0.2, 0.25) is 11.8 Å². The fraction of sp³-hybridized carbons (Fsp3) is 0.304. The van der Waals surface area contributed by atoms with Crippen molar-refractivity contribution in [2.24, 2.45) is 0 Å². The lowest BCUT2D eigenvalue weighted by atomic mass is 9.92. The fourth-order valence-corrected chi connectivity index (χ4v) is 2.91. The maximum atomic E-state index is 12.5. The van der Waals surface area contributed by atoms with Crippen molar-refractivity contribution in [3.05, 3.63) is 65.2 Å². The Morgan fingerprint density at radius 1 is 0.852 bits per heavy atom. The molecule has 0 atom stereocenters. The predicted molar refractivity (Wildman–Crippen MR) is 113 cm³/mol. The van der Waals surface area contributed by atoms with E-state index in [2.05, 4.69) is 50.5 Å². The molecule has 2 rings (SSSR count). The minimum atomic E-state index is -0.157. The second-order valence-corrected chi connectivity index (χ2v) is 7.25. The molecule has 0 aliphatic rings. The first-order valence-corrected chi connectivity index (χ1v) is 9.27. The summed E-state index contributed by atoms with van der Waals surface area (Å²) in [6.07, 6.45) is 3.30. The molecule has 0 unspecified atom stereocenters. The number of hydrogen-bond acceptors (Lipinski definition) is 2. The molecule has 2 aromatic carbocycles. The van der Waals surface area contributed by atoms with Crippen molar-refractivity contribution in [1.29, 1.82) is 0 Å². The maximum Gasteiger partial charge on any atom is 0.248 e. The molecule has 0 saturated carbocycles. The van der Waals surface area contributed by atoms with Gasteiger partial charge in [0, 0.05) is 24.4 Å². The number of nitrogens with one attached hydrogen (secondary N) is 2. The lowest BCUT2D eigenvalue weighted by molar-refractivity contribution is -0.114. The van der Waals surface area contributed by atoms with Crippen LogP contribution in [0.25, 0.3) is 6.08 Å². The molecule has 0 aliphatic heterocycles. The first-order valence-electron chi connectivity index (χ1n) is 9.27. The fourth-order valence-electron chi connectivity index (χ4n) is 2.91. The molecular weight excluding hydrogens is 336 g/mol.